The molecule has 2 rings (SSSR count). The number of fused-ring (bicyclic) bond motifs is 2. The van der Waals surface area contributed by atoms with Crippen LogP contribution in [0.2, 0.25) is 0 Å². The van der Waals surface area contributed by atoms with E-state index in [9.17, 15) is 4.79 Å². The Morgan fingerprint density at radius 2 is 2.18 bits per heavy atom. The molecule has 4 unspecified atom stereocenters. The second-order valence-electron chi connectivity index (χ2n) is 6.12. The minimum atomic E-state index is -0.467. The van der Waals surface area contributed by atoms with Crippen molar-refractivity contribution in [2.45, 2.75) is 46.0 Å². The van der Waals surface area contributed by atoms with Gasteiger partial charge in [-0.05, 0) is 57.3 Å². The van der Waals surface area contributed by atoms with Crippen molar-refractivity contribution >= 4 is 5.97 Å². The van der Waals surface area contributed by atoms with Gasteiger partial charge in [0.2, 0.25) is 0 Å². The largest absolute Gasteiger partial charge is 0.466 e. The molecule has 0 aromatic rings. The van der Waals surface area contributed by atoms with Gasteiger partial charge in [0.15, 0.2) is 0 Å². The molecule has 0 heterocycles. The summed E-state index contributed by atoms with van der Waals surface area (Å²) in [6, 6.07) is 0. The number of hydrogen-bond donors (Lipinski definition) is 1. The first-order chi connectivity index (χ1) is 8.09. The van der Waals surface area contributed by atoms with E-state index in [0.717, 1.165) is 18.3 Å². The number of hydrogen-bond acceptors (Lipinski definition) is 3. The molecular formula is C14H25NO2. The summed E-state index contributed by atoms with van der Waals surface area (Å²) in [5, 5.41) is 0. The quantitative estimate of drug-likeness (QED) is 0.749. The lowest BCUT2D eigenvalue weighted by molar-refractivity contribution is -0.155. The lowest BCUT2D eigenvalue weighted by Gasteiger charge is -2.32. The van der Waals surface area contributed by atoms with Crippen molar-refractivity contribution in [1.29, 1.82) is 0 Å². The maximum absolute atomic E-state index is 12.0. The van der Waals surface area contributed by atoms with Crippen LogP contribution in [0, 0.1) is 23.2 Å². The molecular weight excluding hydrogens is 214 g/mol. The first-order valence-electron chi connectivity index (χ1n) is 6.96. The molecule has 0 aliphatic heterocycles. The zero-order valence-electron chi connectivity index (χ0n) is 11.1. The number of carbonyl (C=O) groups excluding carboxylic acids is 1. The lowest BCUT2D eigenvalue weighted by Crippen LogP contribution is -2.39. The van der Waals surface area contributed by atoms with Gasteiger partial charge < -0.3 is 10.5 Å². The highest BCUT2D eigenvalue weighted by Crippen LogP contribution is 2.51. The molecule has 0 amide bonds. The van der Waals surface area contributed by atoms with Gasteiger partial charge in [-0.1, -0.05) is 6.42 Å². The Morgan fingerprint density at radius 3 is 2.65 bits per heavy atom. The van der Waals surface area contributed by atoms with Crippen molar-refractivity contribution in [1.82, 2.24) is 0 Å². The van der Waals surface area contributed by atoms with E-state index in [1.807, 2.05) is 13.8 Å². The molecule has 2 fully saturated rings. The summed E-state index contributed by atoms with van der Waals surface area (Å²) >= 11 is 0. The van der Waals surface area contributed by atoms with Crippen LogP contribution < -0.4 is 5.73 Å². The average Bonchev–Trinajstić information content (AvgIpc) is 2.91. The number of esters is 1. The van der Waals surface area contributed by atoms with Gasteiger partial charge in [-0.2, -0.15) is 0 Å². The monoisotopic (exact) mass is 239 g/mol. The van der Waals surface area contributed by atoms with Gasteiger partial charge in [-0.25, -0.2) is 0 Å². The molecule has 0 aromatic carbocycles. The molecule has 2 aliphatic carbocycles. The third kappa shape index (κ3) is 2.49. The summed E-state index contributed by atoms with van der Waals surface area (Å²) < 4.78 is 5.17. The fraction of sp³-hybridized carbons (Fsp3) is 0.929. The highest BCUT2D eigenvalue weighted by atomic mass is 16.5. The highest BCUT2D eigenvalue weighted by Gasteiger charge is 2.44. The van der Waals surface area contributed by atoms with Crippen LogP contribution in [0.1, 0.15) is 46.0 Å². The topological polar surface area (TPSA) is 52.3 Å². The molecule has 3 heteroatoms. The Kier molecular flexibility index (Phi) is 3.76. The molecule has 17 heavy (non-hydrogen) atoms. The van der Waals surface area contributed by atoms with E-state index in [0.29, 0.717) is 19.1 Å². The number of nitrogens with two attached hydrogens (primary N) is 1. The first kappa shape index (κ1) is 12.9. The first-order valence-corrected chi connectivity index (χ1v) is 6.96. The summed E-state index contributed by atoms with van der Waals surface area (Å²) in [4.78, 5) is 12.0. The van der Waals surface area contributed by atoms with Crippen molar-refractivity contribution in [2.75, 3.05) is 13.2 Å². The Morgan fingerprint density at radius 1 is 1.41 bits per heavy atom. The predicted octanol–water partition coefficient (Wildman–Crippen LogP) is 2.34. The normalized spacial score (nSPS) is 34.6. The van der Waals surface area contributed by atoms with Crippen LogP contribution in [0.25, 0.3) is 0 Å². The second-order valence-corrected chi connectivity index (χ2v) is 6.12. The summed E-state index contributed by atoms with van der Waals surface area (Å²) in [6.07, 6.45) is 6.37. The number of carbonyl (C=O) groups is 1. The minimum absolute atomic E-state index is 0.106. The summed E-state index contributed by atoms with van der Waals surface area (Å²) in [6.45, 7) is 4.67. The molecule has 0 spiro atoms. The van der Waals surface area contributed by atoms with Crippen LogP contribution in [-0.4, -0.2) is 19.1 Å². The maximum atomic E-state index is 12.0. The van der Waals surface area contributed by atoms with Crippen molar-refractivity contribution in [3.05, 3.63) is 0 Å². The summed E-state index contributed by atoms with van der Waals surface area (Å²) in [5.41, 5.74) is 5.35. The minimum Gasteiger partial charge on any atom is -0.466 e. The Hall–Kier alpha value is -0.570. The highest BCUT2D eigenvalue weighted by molar-refractivity contribution is 5.76. The molecule has 0 aromatic heterocycles. The van der Waals surface area contributed by atoms with Crippen molar-refractivity contribution in [2.24, 2.45) is 28.9 Å². The molecule has 0 saturated heterocycles. The van der Waals surface area contributed by atoms with Crippen LogP contribution in [0.3, 0.4) is 0 Å². The van der Waals surface area contributed by atoms with Crippen molar-refractivity contribution in [3.63, 3.8) is 0 Å². The molecule has 2 aliphatic rings. The zero-order chi connectivity index (χ0) is 12.5. The molecule has 2 bridgehead atoms. The van der Waals surface area contributed by atoms with E-state index >= 15 is 0 Å². The van der Waals surface area contributed by atoms with Crippen LogP contribution in [0.4, 0.5) is 0 Å². The van der Waals surface area contributed by atoms with Gasteiger partial charge in [0.1, 0.15) is 0 Å². The Balaban J connectivity index is 1.97. The standard InChI is InChI=1S/C14H25NO2/c1-3-17-13(16)14(2,9-15)8-12-7-10-4-5-11(12)6-10/h10-12H,3-9,15H2,1-2H3. The van der Waals surface area contributed by atoms with E-state index in [4.69, 9.17) is 10.5 Å². The van der Waals surface area contributed by atoms with E-state index in [-0.39, 0.29) is 5.97 Å². The molecule has 2 N–H and O–H groups in total. The summed E-state index contributed by atoms with van der Waals surface area (Å²) in [7, 11) is 0. The molecule has 98 valence electrons. The predicted molar refractivity (Wildman–Crippen MR) is 67.3 cm³/mol. The Labute approximate surface area is 104 Å². The third-order valence-electron chi connectivity index (χ3n) is 4.82. The van der Waals surface area contributed by atoms with Crippen molar-refractivity contribution < 1.29 is 9.53 Å². The number of ether oxygens (including phenoxy) is 1. The van der Waals surface area contributed by atoms with Gasteiger partial charge in [0.25, 0.3) is 0 Å². The SMILES string of the molecule is CCOC(=O)C(C)(CN)CC1CC2CCC1C2. The summed E-state index contributed by atoms with van der Waals surface area (Å²) in [5.74, 6) is 2.37. The average molecular weight is 239 g/mol. The van der Waals surface area contributed by atoms with Gasteiger partial charge in [-0.15, -0.1) is 0 Å². The second kappa shape index (κ2) is 4.97. The molecule has 0 radical (unpaired) electrons. The van der Waals surface area contributed by atoms with Gasteiger partial charge >= 0.3 is 5.97 Å². The van der Waals surface area contributed by atoms with Crippen LogP contribution in [-0.2, 0) is 9.53 Å². The van der Waals surface area contributed by atoms with Gasteiger partial charge in [-0.3, -0.25) is 4.79 Å². The van der Waals surface area contributed by atoms with Gasteiger partial charge in [0.05, 0.1) is 12.0 Å². The van der Waals surface area contributed by atoms with E-state index in [1.165, 1.54) is 25.7 Å². The van der Waals surface area contributed by atoms with Crippen molar-refractivity contribution in [3.8, 4) is 0 Å². The molecule has 2 saturated carbocycles. The van der Waals surface area contributed by atoms with Crippen LogP contribution in [0.15, 0.2) is 0 Å². The van der Waals surface area contributed by atoms with Crippen LogP contribution in [0.5, 0.6) is 0 Å². The fourth-order valence-corrected chi connectivity index (χ4v) is 3.76. The Bertz CT molecular complexity index is 292. The lowest BCUT2D eigenvalue weighted by atomic mass is 9.75. The van der Waals surface area contributed by atoms with Crippen LogP contribution >= 0.6 is 0 Å². The molecule has 3 nitrogen and oxygen atoms in total. The van der Waals surface area contributed by atoms with Gasteiger partial charge in [0, 0.05) is 6.54 Å². The number of rotatable bonds is 5. The van der Waals surface area contributed by atoms with E-state index in [1.54, 1.807) is 0 Å². The fourth-order valence-electron chi connectivity index (χ4n) is 3.76. The third-order valence-corrected chi connectivity index (χ3v) is 4.82. The maximum Gasteiger partial charge on any atom is 0.313 e. The van der Waals surface area contributed by atoms with E-state index < -0.39 is 5.41 Å². The van der Waals surface area contributed by atoms with E-state index in [2.05, 4.69) is 0 Å². The molecule has 4 atom stereocenters. The zero-order valence-corrected chi connectivity index (χ0v) is 11.1. The smallest absolute Gasteiger partial charge is 0.313 e.